The van der Waals surface area contributed by atoms with Crippen molar-refractivity contribution in [3.8, 4) is 0 Å². The molecule has 0 aliphatic rings. The number of nitrogens with one attached hydrogen (secondary N) is 1. The van der Waals surface area contributed by atoms with Crippen LogP contribution in [0.15, 0.2) is 29.2 Å². The maximum Gasteiger partial charge on any atom is 0.242 e. The molecule has 5 nitrogen and oxygen atoms in total. The summed E-state index contributed by atoms with van der Waals surface area (Å²) in [5.41, 5.74) is 0.799. The van der Waals surface area contributed by atoms with E-state index in [1.807, 2.05) is 19.2 Å². The number of sulfonamides is 1. The number of hydrogen-bond acceptors (Lipinski definition) is 4. The summed E-state index contributed by atoms with van der Waals surface area (Å²) in [7, 11) is 3.14. The number of hydrogen-bond donors (Lipinski definition) is 1. The third-order valence-electron chi connectivity index (χ3n) is 2.97. The fourth-order valence-electron chi connectivity index (χ4n) is 1.83. The van der Waals surface area contributed by atoms with Crippen molar-refractivity contribution < 1.29 is 13.2 Å². The Labute approximate surface area is 115 Å². The maximum atomic E-state index is 12.3. The molecule has 0 aliphatic heterocycles. The highest BCUT2D eigenvalue weighted by molar-refractivity contribution is 7.89. The highest BCUT2D eigenvalue weighted by atomic mass is 32.2. The van der Waals surface area contributed by atoms with Gasteiger partial charge in [0.2, 0.25) is 10.0 Å². The molecule has 1 unspecified atom stereocenters. The van der Waals surface area contributed by atoms with Crippen LogP contribution in [0.1, 0.15) is 5.56 Å². The second-order valence-corrected chi connectivity index (χ2v) is 6.66. The second-order valence-electron chi connectivity index (χ2n) is 4.54. The summed E-state index contributed by atoms with van der Waals surface area (Å²) in [6, 6.07) is 7.16. The van der Waals surface area contributed by atoms with Crippen molar-refractivity contribution in [1.82, 2.24) is 9.62 Å². The third-order valence-corrected chi connectivity index (χ3v) is 4.89. The minimum atomic E-state index is -3.41. The molecule has 0 fully saturated rings. The van der Waals surface area contributed by atoms with Gasteiger partial charge in [-0.25, -0.2) is 12.7 Å². The van der Waals surface area contributed by atoms with Crippen LogP contribution < -0.4 is 5.32 Å². The molecule has 1 N–H and O–H groups in total. The van der Waals surface area contributed by atoms with Crippen LogP contribution in [0.5, 0.6) is 0 Å². The van der Waals surface area contributed by atoms with E-state index in [9.17, 15) is 8.42 Å². The largest absolute Gasteiger partial charge is 0.383 e. The van der Waals surface area contributed by atoms with Gasteiger partial charge in [0.05, 0.1) is 11.5 Å². The lowest BCUT2D eigenvalue weighted by atomic mass is 10.1. The Morgan fingerprint density at radius 3 is 2.47 bits per heavy atom. The SMILES string of the molecule is CNC(COC)Cc1ccccc1S(=O)(=O)N(C)C. The van der Waals surface area contributed by atoms with E-state index in [0.717, 1.165) is 5.56 Å². The molecule has 19 heavy (non-hydrogen) atoms. The average Bonchev–Trinajstić information content (AvgIpc) is 2.38. The molecule has 0 amide bonds. The van der Waals surface area contributed by atoms with Gasteiger partial charge < -0.3 is 10.1 Å². The molecule has 0 aliphatic carbocycles. The second kappa shape index (κ2) is 7.00. The van der Waals surface area contributed by atoms with E-state index in [0.29, 0.717) is 17.9 Å². The topological polar surface area (TPSA) is 58.6 Å². The molecule has 0 spiro atoms. The van der Waals surface area contributed by atoms with Crippen molar-refractivity contribution in [2.24, 2.45) is 0 Å². The standard InChI is InChI=1S/C13H22N2O3S/c1-14-12(10-18-4)9-11-7-5-6-8-13(11)19(16,17)15(2)3/h5-8,12,14H,9-10H2,1-4H3. The van der Waals surface area contributed by atoms with Crippen molar-refractivity contribution in [2.45, 2.75) is 17.4 Å². The fourth-order valence-corrected chi connectivity index (χ4v) is 2.96. The number of methoxy groups -OCH3 is 1. The summed E-state index contributed by atoms with van der Waals surface area (Å²) in [6.07, 6.45) is 0.605. The van der Waals surface area contributed by atoms with E-state index >= 15 is 0 Å². The number of benzene rings is 1. The molecule has 0 radical (unpaired) electrons. The van der Waals surface area contributed by atoms with Crippen molar-refractivity contribution >= 4 is 10.0 Å². The average molecular weight is 286 g/mol. The van der Waals surface area contributed by atoms with Gasteiger partial charge in [-0.05, 0) is 25.1 Å². The highest BCUT2D eigenvalue weighted by Gasteiger charge is 2.21. The molecule has 0 aromatic heterocycles. The predicted octanol–water partition coefficient (Wildman–Crippen LogP) is 0.714. The van der Waals surface area contributed by atoms with Crippen LogP contribution in [0, 0.1) is 0 Å². The van der Waals surface area contributed by atoms with Gasteiger partial charge in [-0.15, -0.1) is 0 Å². The van der Waals surface area contributed by atoms with Crippen molar-refractivity contribution in [3.63, 3.8) is 0 Å². The Bertz CT molecular complexity index is 500. The lowest BCUT2D eigenvalue weighted by Crippen LogP contribution is -2.33. The Morgan fingerprint density at radius 2 is 1.95 bits per heavy atom. The van der Waals surface area contributed by atoms with Crippen LogP contribution in [0.4, 0.5) is 0 Å². The van der Waals surface area contributed by atoms with Gasteiger partial charge in [0.15, 0.2) is 0 Å². The first-order chi connectivity index (χ1) is 8.93. The first kappa shape index (κ1) is 16.1. The first-order valence-electron chi connectivity index (χ1n) is 6.10. The lowest BCUT2D eigenvalue weighted by molar-refractivity contribution is 0.169. The molecule has 108 valence electrons. The van der Waals surface area contributed by atoms with Crippen LogP contribution in [0.3, 0.4) is 0 Å². The van der Waals surface area contributed by atoms with Crippen molar-refractivity contribution in [2.75, 3.05) is 34.9 Å². The van der Waals surface area contributed by atoms with E-state index in [-0.39, 0.29) is 6.04 Å². The van der Waals surface area contributed by atoms with E-state index in [2.05, 4.69) is 5.32 Å². The molecule has 1 atom stereocenters. The fraction of sp³-hybridized carbons (Fsp3) is 0.538. The summed E-state index contributed by atoms with van der Waals surface area (Å²) < 4.78 is 30.9. The first-order valence-corrected chi connectivity index (χ1v) is 7.54. The quantitative estimate of drug-likeness (QED) is 0.802. The molecule has 0 bridgehead atoms. The molecule has 1 aromatic carbocycles. The van der Waals surface area contributed by atoms with E-state index in [1.165, 1.54) is 18.4 Å². The zero-order valence-electron chi connectivity index (χ0n) is 11.9. The van der Waals surface area contributed by atoms with Gasteiger partial charge in [-0.2, -0.15) is 0 Å². The van der Waals surface area contributed by atoms with Crippen LogP contribution in [-0.4, -0.2) is 53.6 Å². The van der Waals surface area contributed by atoms with E-state index < -0.39 is 10.0 Å². The van der Waals surface area contributed by atoms with Gasteiger partial charge in [0, 0.05) is 27.2 Å². The summed E-state index contributed by atoms with van der Waals surface area (Å²) in [4.78, 5) is 0.358. The molecule has 0 heterocycles. The van der Waals surface area contributed by atoms with E-state index in [4.69, 9.17) is 4.74 Å². The van der Waals surface area contributed by atoms with Crippen LogP contribution in [0.25, 0.3) is 0 Å². The molecule has 1 rings (SSSR count). The Balaban J connectivity index is 3.09. The number of rotatable bonds is 7. The third kappa shape index (κ3) is 4.01. The summed E-state index contributed by atoms with van der Waals surface area (Å²) in [5, 5.41) is 3.13. The van der Waals surface area contributed by atoms with Gasteiger partial charge in [0.25, 0.3) is 0 Å². The van der Waals surface area contributed by atoms with Gasteiger partial charge >= 0.3 is 0 Å². The lowest BCUT2D eigenvalue weighted by Gasteiger charge is -2.19. The minimum absolute atomic E-state index is 0.0866. The molecular weight excluding hydrogens is 264 g/mol. The van der Waals surface area contributed by atoms with Gasteiger partial charge in [-0.1, -0.05) is 18.2 Å². The summed E-state index contributed by atoms with van der Waals surface area (Å²) in [5.74, 6) is 0. The predicted molar refractivity (Wildman–Crippen MR) is 75.7 cm³/mol. The number of nitrogens with zero attached hydrogens (tertiary/aromatic N) is 1. The minimum Gasteiger partial charge on any atom is -0.383 e. The van der Waals surface area contributed by atoms with Gasteiger partial charge in [0.1, 0.15) is 0 Å². The maximum absolute atomic E-state index is 12.3. The Kier molecular flexibility index (Phi) is 5.93. The number of likely N-dealkylation sites (N-methyl/N-ethyl adjacent to an activating group) is 1. The van der Waals surface area contributed by atoms with Gasteiger partial charge in [-0.3, -0.25) is 0 Å². The monoisotopic (exact) mass is 286 g/mol. The van der Waals surface area contributed by atoms with Crippen molar-refractivity contribution in [1.29, 1.82) is 0 Å². The highest BCUT2D eigenvalue weighted by Crippen LogP contribution is 2.19. The van der Waals surface area contributed by atoms with Crippen LogP contribution in [0.2, 0.25) is 0 Å². The molecule has 1 aromatic rings. The Hall–Kier alpha value is -0.950. The molecular formula is C13H22N2O3S. The Morgan fingerprint density at radius 1 is 1.32 bits per heavy atom. The normalized spacial score (nSPS) is 13.7. The van der Waals surface area contributed by atoms with E-state index in [1.54, 1.807) is 19.2 Å². The smallest absolute Gasteiger partial charge is 0.242 e. The molecule has 0 saturated heterocycles. The summed E-state index contributed by atoms with van der Waals surface area (Å²) in [6.45, 7) is 0.535. The van der Waals surface area contributed by atoms with Crippen LogP contribution >= 0.6 is 0 Å². The van der Waals surface area contributed by atoms with Crippen molar-refractivity contribution in [3.05, 3.63) is 29.8 Å². The van der Waals surface area contributed by atoms with Crippen LogP contribution in [-0.2, 0) is 21.2 Å². The number of ether oxygens (including phenoxy) is 1. The zero-order valence-corrected chi connectivity index (χ0v) is 12.7. The molecule has 6 heteroatoms. The zero-order chi connectivity index (χ0) is 14.5. The summed E-state index contributed by atoms with van der Waals surface area (Å²) >= 11 is 0. The molecule has 0 saturated carbocycles.